The summed E-state index contributed by atoms with van der Waals surface area (Å²) in [6.07, 6.45) is -0.854. The number of anilines is 1. The molecule has 12 heteroatoms. The molecule has 7 nitrogen and oxygen atoms in total. The quantitative estimate of drug-likeness (QED) is 0.218. The molecule has 3 aromatic carbocycles. The fourth-order valence-electron chi connectivity index (χ4n) is 4.62. The number of sulfonamides is 1. The number of pyridine rings is 1. The van der Waals surface area contributed by atoms with Crippen molar-refractivity contribution in [1.29, 1.82) is 0 Å². The normalized spacial score (nSPS) is 16.7. The molecule has 42 heavy (non-hydrogen) atoms. The van der Waals surface area contributed by atoms with Gasteiger partial charge in [0.05, 0.1) is 4.90 Å². The van der Waals surface area contributed by atoms with Crippen molar-refractivity contribution < 1.29 is 35.5 Å². The molecule has 0 aliphatic heterocycles. The number of halogens is 4. The number of carbonyl (C=O) groups is 1. The number of ether oxygens (including phenoxy) is 1. The summed E-state index contributed by atoms with van der Waals surface area (Å²) in [5, 5.41) is 2.82. The van der Waals surface area contributed by atoms with E-state index in [1.165, 1.54) is 60.7 Å². The summed E-state index contributed by atoms with van der Waals surface area (Å²) in [6.45, 7) is -0.463. The molecule has 5 rings (SSSR count). The van der Waals surface area contributed by atoms with Gasteiger partial charge in [-0.25, -0.2) is 12.8 Å². The highest BCUT2D eigenvalue weighted by Crippen LogP contribution is 2.47. The fraction of sp³-hybridized carbons (Fsp3) is 0.200. The minimum absolute atomic E-state index is 0.0913. The van der Waals surface area contributed by atoms with E-state index in [0.29, 0.717) is 17.7 Å². The number of hydrogen-bond donors (Lipinski definition) is 1. The van der Waals surface area contributed by atoms with Crippen LogP contribution in [0, 0.1) is 11.7 Å². The van der Waals surface area contributed by atoms with E-state index in [0.717, 1.165) is 22.0 Å². The van der Waals surface area contributed by atoms with Crippen LogP contribution in [0.3, 0.4) is 0 Å². The van der Waals surface area contributed by atoms with E-state index in [9.17, 15) is 30.8 Å². The molecule has 0 radical (unpaired) electrons. The smallest absolute Gasteiger partial charge is 0.406 e. The SMILES string of the molecule is O=C(Nc1ccc(S(=O)(=O)N(Cc2ccc(F)cc2)Cc2cccc(OC(F)(F)F)c2)cc1)C1CC1c1ccncc1. The molecule has 0 saturated heterocycles. The van der Waals surface area contributed by atoms with Crippen LogP contribution in [0.15, 0.2) is 102 Å². The number of hydrogen-bond acceptors (Lipinski definition) is 5. The molecule has 1 aliphatic rings. The first-order valence-electron chi connectivity index (χ1n) is 12.9. The van der Waals surface area contributed by atoms with Crippen LogP contribution in [-0.2, 0) is 27.9 Å². The van der Waals surface area contributed by atoms with Crippen LogP contribution in [0.1, 0.15) is 29.0 Å². The molecular formula is C30H25F4N3O4S. The third-order valence-corrected chi connectivity index (χ3v) is 8.59. The molecule has 218 valence electrons. The number of nitrogens with zero attached hydrogens (tertiary/aromatic N) is 2. The molecule has 1 fully saturated rings. The topological polar surface area (TPSA) is 88.6 Å². The van der Waals surface area contributed by atoms with Crippen molar-refractivity contribution in [2.45, 2.75) is 36.7 Å². The van der Waals surface area contributed by atoms with Crippen LogP contribution in [-0.4, -0.2) is 30.0 Å². The van der Waals surface area contributed by atoms with Crippen LogP contribution in [0.4, 0.5) is 23.2 Å². The summed E-state index contributed by atoms with van der Waals surface area (Å²) in [4.78, 5) is 16.6. The lowest BCUT2D eigenvalue weighted by molar-refractivity contribution is -0.274. The fourth-order valence-corrected chi connectivity index (χ4v) is 6.04. The van der Waals surface area contributed by atoms with E-state index in [1.54, 1.807) is 12.4 Å². The molecule has 4 aromatic rings. The van der Waals surface area contributed by atoms with Gasteiger partial charge in [-0.1, -0.05) is 24.3 Å². The van der Waals surface area contributed by atoms with Gasteiger partial charge in [-0.15, -0.1) is 13.2 Å². The lowest BCUT2D eigenvalue weighted by atomic mass is 10.1. The minimum Gasteiger partial charge on any atom is -0.406 e. The molecule has 2 atom stereocenters. The van der Waals surface area contributed by atoms with E-state index < -0.39 is 28.0 Å². The second-order valence-corrected chi connectivity index (χ2v) is 11.8. The summed E-state index contributed by atoms with van der Waals surface area (Å²) in [6, 6.07) is 19.6. The van der Waals surface area contributed by atoms with Crippen LogP contribution < -0.4 is 10.1 Å². The van der Waals surface area contributed by atoms with Crippen LogP contribution in [0.2, 0.25) is 0 Å². The number of aromatic nitrogens is 1. The number of rotatable bonds is 10. The zero-order valence-electron chi connectivity index (χ0n) is 22.0. The summed E-state index contributed by atoms with van der Waals surface area (Å²) >= 11 is 0. The molecule has 1 N–H and O–H groups in total. The van der Waals surface area contributed by atoms with Crippen molar-refractivity contribution in [2.75, 3.05) is 5.32 Å². The van der Waals surface area contributed by atoms with Crippen molar-refractivity contribution in [2.24, 2.45) is 5.92 Å². The minimum atomic E-state index is -4.91. The van der Waals surface area contributed by atoms with Crippen LogP contribution in [0.5, 0.6) is 5.75 Å². The zero-order valence-corrected chi connectivity index (χ0v) is 22.8. The highest BCUT2D eigenvalue weighted by Gasteiger charge is 2.44. The second kappa shape index (κ2) is 11.9. The first-order valence-corrected chi connectivity index (χ1v) is 14.3. The Hall–Kier alpha value is -4.29. The van der Waals surface area contributed by atoms with Gasteiger partial charge in [0.15, 0.2) is 0 Å². The Morgan fingerprint density at radius 3 is 2.26 bits per heavy atom. The van der Waals surface area contributed by atoms with Crippen molar-refractivity contribution in [3.05, 3.63) is 120 Å². The van der Waals surface area contributed by atoms with E-state index in [1.807, 2.05) is 12.1 Å². The largest absolute Gasteiger partial charge is 0.573 e. The predicted octanol–water partition coefficient (Wildman–Crippen LogP) is 6.25. The first-order chi connectivity index (χ1) is 20.0. The Morgan fingerprint density at radius 1 is 0.929 bits per heavy atom. The Labute approximate surface area is 239 Å². The molecule has 1 saturated carbocycles. The maximum Gasteiger partial charge on any atom is 0.573 e. The first kappa shape index (κ1) is 29.2. The molecule has 0 bridgehead atoms. The molecule has 2 unspecified atom stereocenters. The number of carbonyl (C=O) groups excluding carboxylic acids is 1. The number of amides is 1. The highest BCUT2D eigenvalue weighted by atomic mass is 32.2. The van der Waals surface area contributed by atoms with E-state index in [2.05, 4.69) is 15.0 Å². The summed E-state index contributed by atoms with van der Waals surface area (Å²) in [5.74, 6) is -1.25. The maximum atomic E-state index is 13.7. The summed E-state index contributed by atoms with van der Waals surface area (Å²) in [7, 11) is -4.19. The van der Waals surface area contributed by atoms with Crippen molar-refractivity contribution in [3.8, 4) is 5.75 Å². The van der Waals surface area contributed by atoms with Gasteiger partial charge in [0.25, 0.3) is 0 Å². The third-order valence-electron chi connectivity index (χ3n) is 6.78. The molecule has 1 amide bonds. The number of benzene rings is 3. The second-order valence-electron chi connectivity index (χ2n) is 9.84. The maximum absolute atomic E-state index is 13.7. The Kier molecular flexibility index (Phi) is 8.28. The van der Waals surface area contributed by atoms with Crippen molar-refractivity contribution in [1.82, 2.24) is 9.29 Å². The van der Waals surface area contributed by atoms with E-state index in [-0.39, 0.29) is 41.3 Å². The van der Waals surface area contributed by atoms with Gasteiger partial charge in [-0.2, -0.15) is 4.31 Å². The monoisotopic (exact) mass is 599 g/mol. The zero-order chi connectivity index (χ0) is 29.9. The Morgan fingerprint density at radius 2 is 1.60 bits per heavy atom. The molecule has 1 aliphatic carbocycles. The molecule has 0 spiro atoms. The average molecular weight is 600 g/mol. The van der Waals surface area contributed by atoms with Gasteiger partial charge >= 0.3 is 6.36 Å². The Bertz CT molecular complexity index is 1650. The lowest BCUT2D eigenvalue weighted by Crippen LogP contribution is -2.30. The van der Waals surface area contributed by atoms with Gasteiger partial charge in [0.1, 0.15) is 11.6 Å². The van der Waals surface area contributed by atoms with E-state index in [4.69, 9.17) is 0 Å². The van der Waals surface area contributed by atoms with Crippen molar-refractivity contribution in [3.63, 3.8) is 0 Å². The van der Waals surface area contributed by atoms with Crippen molar-refractivity contribution >= 4 is 21.6 Å². The average Bonchev–Trinajstić information content (AvgIpc) is 3.75. The number of nitrogens with one attached hydrogen (secondary N) is 1. The highest BCUT2D eigenvalue weighted by molar-refractivity contribution is 7.89. The van der Waals surface area contributed by atoms with Gasteiger partial charge < -0.3 is 10.1 Å². The van der Waals surface area contributed by atoms with E-state index >= 15 is 0 Å². The lowest BCUT2D eigenvalue weighted by Gasteiger charge is -2.23. The van der Waals surface area contributed by atoms with Crippen LogP contribution >= 0.6 is 0 Å². The van der Waals surface area contributed by atoms with Gasteiger partial charge in [0.2, 0.25) is 15.9 Å². The molecular weight excluding hydrogens is 574 g/mol. The van der Waals surface area contributed by atoms with Crippen LogP contribution in [0.25, 0.3) is 0 Å². The summed E-state index contributed by atoms with van der Waals surface area (Å²) in [5.41, 5.74) is 2.17. The molecule has 1 aromatic heterocycles. The summed E-state index contributed by atoms with van der Waals surface area (Å²) < 4.78 is 84.2. The van der Waals surface area contributed by atoms with Gasteiger partial charge in [0, 0.05) is 37.1 Å². The van der Waals surface area contributed by atoms with Gasteiger partial charge in [-0.05, 0) is 89.7 Å². The molecule has 1 heterocycles. The Balaban J connectivity index is 1.33. The van der Waals surface area contributed by atoms with Gasteiger partial charge in [-0.3, -0.25) is 9.78 Å². The third kappa shape index (κ3) is 7.31. The number of alkyl halides is 3. The standard InChI is InChI=1S/C30H25F4N3O4S/c31-23-6-4-20(5-7-23)18-37(19-21-2-1-3-25(16-21)41-30(32,33)34)42(39,40)26-10-8-24(9-11-26)36-29(38)28-17-27(28)22-12-14-35-15-13-22/h1-16,27-28H,17-19H2,(H,36,38). The predicted molar refractivity (Wildman–Crippen MR) is 146 cm³/mol.